The Morgan fingerprint density at radius 1 is 1.20 bits per heavy atom. The minimum absolute atomic E-state index is 0.0701. The molecule has 20 heavy (non-hydrogen) atoms. The molecule has 0 heterocycles. The third-order valence-corrected chi connectivity index (χ3v) is 3.74. The molecular weight excluding hydrogens is 250 g/mol. The lowest BCUT2D eigenvalue weighted by atomic mass is 9.92. The highest BCUT2D eigenvalue weighted by Crippen LogP contribution is 2.23. The monoisotopic (exact) mass is 277 g/mol. The molecule has 0 bridgehead atoms. The molecule has 0 aromatic heterocycles. The van der Waals surface area contributed by atoms with E-state index in [2.05, 4.69) is 43.4 Å². The molecule has 0 aliphatic carbocycles. The highest BCUT2D eigenvalue weighted by molar-refractivity contribution is 5.76. The predicted molar refractivity (Wildman–Crippen MR) is 82.8 cm³/mol. The molecule has 0 radical (unpaired) electrons. The summed E-state index contributed by atoms with van der Waals surface area (Å²) >= 11 is 0. The maximum atomic E-state index is 11.9. The van der Waals surface area contributed by atoms with Crippen molar-refractivity contribution in [3.8, 4) is 0 Å². The Hall–Kier alpha value is -1.35. The molecule has 112 valence electrons. The van der Waals surface area contributed by atoms with Crippen molar-refractivity contribution in [2.45, 2.75) is 58.5 Å². The van der Waals surface area contributed by atoms with Crippen LogP contribution in [0.25, 0.3) is 0 Å². The number of carbonyl (C=O) groups is 1. The Morgan fingerprint density at radius 3 is 2.40 bits per heavy atom. The number of carbonyl (C=O) groups excluding carboxylic acids is 1. The van der Waals surface area contributed by atoms with Crippen molar-refractivity contribution in [3.63, 3.8) is 0 Å². The van der Waals surface area contributed by atoms with Gasteiger partial charge < -0.3 is 10.4 Å². The number of rotatable bonds is 8. The predicted octanol–water partition coefficient (Wildman–Crippen LogP) is 3.16. The second kappa shape index (κ2) is 8.75. The maximum absolute atomic E-state index is 11.9. The minimum Gasteiger partial charge on any atom is -0.393 e. The van der Waals surface area contributed by atoms with Gasteiger partial charge in [-0.1, -0.05) is 43.7 Å². The minimum atomic E-state index is -0.311. The number of aliphatic hydroxyl groups excluding tert-OH is 1. The maximum Gasteiger partial charge on any atom is 0.220 e. The molecule has 2 unspecified atom stereocenters. The van der Waals surface area contributed by atoms with E-state index in [1.54, 1.807) is 0 Å². The van der Waals surface area contributed by atoms with Crippen molar-refractivity contribution >= 4 is 5.91 Å². The van der Waals surface area contributed by atoms with Gasteiger partial charge in [0, 0.05) is 13.0 Å². The van der Waals surface area contributed by atoms with E-state index in [9.17, 15) is 9.90 Å². The van der Waals surface area contributed by atoms with Crippen LogP contribution in [0, 0.1) is 6.92 Å². The third-order valence-electron chi connectivity index (χ3n) is 3.74. The van der Waals surface area contributed by atoms with Gasteiger partial charge in [-0.15, -0.1) is 0 Å². The third kappa shape index (κ3) is 5.74. The van der Waals surface area contributed by atoms with E-state index >= 15 is 0 Å². The molecule has 0 aliphatic heterocycles. The lowest BCUT2D eigenvalue weighted by Crippen LogP contribution is -2.28. The van der Waals surface area contributed by atoms with Crippen LogP contribution in [0.15, 0.2) is 24.3 Å². The summed E-state index contributed by atoms with van der Waals surface area (Å²) < 4.78 is 0. The zero-order valence-corrected chi connectivity index (χ0v) is 12.9. The zero-order valence-electron chi connectivity index (χ0n) is 12.9. The van der Waals surface area contributed by atoms with Crippen LogP contribution in [0.1, 0.15) is 56.6 Å². The first-order valence-corrected chi connectivity index (χ1v) is 7.58. The van der Waals surface area contributed by atoms with Gasteiger partial charge in [0.1, 0.15) is 0 Å². The van der Waals surface area contributed by atoms with Crippen LogP contribution in [-0.2, 0) is 4.79 Å². The van der Waals surface area contributed by atoms with Crippen LogP contribution in [0.4, 0.5) is 0 Å². The van der Waals surface area contributed by atoms with Crippen LogP contribution in [0.3, 0.4) is 0 Å². The molecule has 0 saturated carbocycles. The Bertz CT molecular complexity index is 400. The molecule has 0 aliphatic rings. The molecule has 2 N–H and O–H groups in total. The summed E-state index contributed by atoms with van der Waals surface area (Å²) in [5.74, 6) is 0.340. The molecular formula is C17H27NO2. The number of benzene rings is 1. The van der Waals surface area contributed by atoms with Gasteiger partial charge in [-0.2, -0.15) is 0 Å². The average molecular weight is 277 g/mol. The molecule has 1 aromatic carbocycles. The first-order valence-electron chi connectivity index (χ1n) is 7.58. The molecule has 1 aromatic rings. The fourth-order valence-corrected chi connectivity index (χ4v) is 2.21. The quantitative estimate of drug-likeness (QED) is 0.767. The summed E-state index contributed by atoms with van der Waals surface area (Å²) in [6, 6.07) is 8.40. The van der Waals surface area contributed by atoms with Crippen LogP contribution >= 0.6 is 0 Å². The summed E-state index contributed by atoms with van der Waals surface area (Å²) in [5.41, 5.74) is 2.46. The normalized spacial score (nSPS) is 13.8. The Morgan fingerprint density at radius 2 is 1.85 bits per heavy atom. The lowest BCUT2D eigenvalue weighted by molar-refractivity contribution is -0.121. The van der Waals surface area contributed by atoms with Crippen molar-refractivity contribution < 1.29 is 9.90 Å². The van der Waals surface area contributed by atoms with Crippen molar-refractivity contribution in [1.82, 2.24) is 5.32 Å². The van der Waals surface area contributed by atoms with Gasteiger partial charge in [-0.3, -0.25) is 4.79 Å². The topological polar surface area (TPSA) is 49.3 Å². The zero-order chi connectivity index (χ0) is 15.0. The number of hydrogen-bond acceptors (Lipinski definition) is 2. The number of aryl methyl sites for hydroxylation is 1. The summed E-state index contributed by atoms with van der Waals surface area (Å²) in [4.78, 5) is 11.9. The van der Waals surface area contributed by atoms with Gasteiger partial charge in [0.05, 0.1) is 6.10 Å². The Kier molecular flexibility index (Phi) is 7.31. The average Bonchev–Trinajstić information content (AvgIpc) is 2.45. The molecule has 3 nitrogen and oxygen atoms in total. The van der Waals surface area contributed by atoms with E-state index < -0.39 is 0 Å². The van der Waals surface area contributed by atoms with Gasteiger partial charge in [0.15, 0.2) is 0 Å². The number of nitrogens with one attached hydrogen (secondary N) is 1. The fourth-order valence-electron chi connectivity index (χ4n) is 2.21. The van der Waals surface area contributed by atoms with Crippen molar-refractivity contribution in [2.75, 3.05) is 6.54 Å². The van der Waals surface area contributed by atoms with E-state index in [1.165, 1.54) is 11.1 Å². The standard InChI is InChI=1S/C17H27NO2/c1-4-14(15-8-6-13(3)7-9-15)12-17(20)18-11-10-16(19)5-2/h6-9,14,16,19H,4-5,10-12H2,1-3H3,(H,18,20). The smallest absolute Gasteiger partial charge is 0.220 e. The highest BCUT2D eigenvalue weighted by Gasteiger charge is 2.14. The fraction of sp³-hybridized carbons (Fsp3) is 0.588. The number of aliphatic hydroxyl groups is 1. The molecule has 2 atom stereocenters. The number of amides is 1. The van der Waals surface area contributed by atoms with Gasteiger partial charge in [-0.05, 0) is 37.7 Å². The van der Waals surface area contributed by atoms with Crippen LogP contribution in [0.2, 0.25) is 0 Å². The Labute approximate surface area is 122 Å². The second-order valence-corrected chi connectivity index (χ2v) is 5.42. The Balaban J connectivity index is 2.43. The summed E-state index contributed by atoms with van der Waals surface area (Å²) in [6.45, 7) is 6.67. The summed E-state index contributed by atoms with van der Waals surface area (Å²) in [6.07, 6.45) is 2.52. The molecule has 1 rings (SSSR count). The van der Waals surface area contributed by atoms with Gasteiger partial charge in [0.25, 0.3) is 0 Å². The summed E-state index contributed by atoms with van der Waals surface area (Å²) in [5, 5.41) is 12.3. The van der Waals surface area contributed by atoms with Crippen molar-refractivity contribution in [3.05, 3.63) is 35.4 Å². The summed E-state index contributed by atoms with van der Waals surface area (Å²) in [7, 11) is 0. The van der Waals surface area contributed by atoms with Crippen LogP contribution < -0.4 is 5.32 Å². The lowest BCUT2D eigenvalue weighted by Gasteiger charge is -2.16. The first-order chi connectivity index (χ1) is 9.56. The van der Waals surface area contributed by atoms with Gasteiger partial charge >= 0.3 is 0 Å². The molecule has 1 amide bonds. The van der Waals surface area contributed by atoms with E-state index in [0.29, 0.717) is 19.4 Å². The van der Waals surface area contributed by atoms with Gasteiger partial charge in [-0.25, -0.2) is 0 Å². The van der Waals surface area contributed by atoms with Crippen LogP contribution in [0.5, 0.6) is 0 Å². The van der Waals surface area contributed by atoms with E-state index in [1.807, 2.05) is 6.92 Å². The largest absolute Gasteiger partial charge is 0.393 e. The SMILES string of the molecule is CCC(O)CCNC(=O)CC(CC)c1ccc(C)cc1. The van der Waals surface area contributed by atoms with Crippen molar-refractivity contribution in [1.29, 1.82) is 0 Å². The van der Waals surface area contributed by atoms with Crippen LogP contribution in [-0.4, -0.2) is 23.7 Å². The molecule has 0 saturated heterocycles. The number of hydrogen-bond donors (Lipinski definition) is 2. The first kappa shape index (κ1) is 16.7. The van der Waals surface area contributed by atoms with E-state index in [0.717, 1.165) is 12.8 Å². The van der Waals surface area contributed by atoms with Crippen molar-refractivity contribution in [2.24, 2.45) is 0 Å². The van der Waals surface area contributed by atoms with E-state index in [4.69, 9.17) is 0 Å². The van der Waals surface area contributed by atoms with Gasteiger partial charge in [0.2, 0.25) is 5.91 Å². The highest BCUT2D eigenvalue weighted by atomic mass is 16.3. The molecule has 0 spiro atoms. The molecule has 0 fully saturated rings. The molecule has 3 heteroatoms. The van der Waals surface area contributed by atoms with E-state index in [-0.39, 0.29) is 17.9 Å². The second-order valence-electron chi connectivity index (χ2n) is 5.42.